The van der Waals surface area contributed by atoms with Crippen LogP contribution in [0.2, 0.25) is 0 Å². The number of likely N-dealkylation sites (tertiary alicyclic amines) is 1. The van der Waals surface area contributed by atoms with Crippen LogP contribution < -0.4 is 0 Å². The number of benzene rings is 2. The molecule has 0 radical (unpaired) electrons. The van der Waals surface area contributed by atoms with Crippen LogP contribution in [0.15, 0.2) is 30.3 Å². The van der Waals surface area contributed by atoms with E-state index in [9.17, 15) is 29.8 Å². The fourth-order valence-corrected chi connectivity index (χ4v) is 3.83. The smallest absolute Gasteiger partial charge is 0.271 e. The highest BCUT2D eigenvalue weighted by molar-refractivity contribution is 6.25. The van der Waals surface area contributed by atoms with Crippen molar-refractivity contribution in [2.45, 2.75) is 19.3 Å². The molecule has 0 aromatic heterocycles. The fourth-order valence-electron chi connectivity index (χ4n) is 3.83. The van der Waals surface area contributed by atoms with Gasteiger partial charge in [-0.15, -0.1) is 0 Å². The van der Waals surface area contributed by atoms with Gasteiger partial charge in [-0.2, -0.15) is 0 Å². The number of piperidine rings is 1. The number of carbonyl (C=O) groups is 2. The average Bonchev–Trinajstić information content (AvgIpc) is 2.99. The van der Waals surface area contributed by atoms with E-state index >= 15 is 0 Å². The van der Waals surface area contributed by atoms with Crippen molar-refractivity contribution >= 4 is 23.1 Å². The van der Waals surface area contributed by atoms with Crippen molar-refractivity contribution in [2.24, 2.45) is 0 Å². The van der Waals surface area contributed by atoms with Gasteiger partial charge < -0.3 is 4.90 Å². The standard InChI is InChI=1S/C19H15N3O6/c23-18-14-8-11(21(25)26)4-5-13(14)17-15(18)9-12(22(27)28)10-16(17)19(24)20-6-2-1-3-7-20/h4-5,8-10H,1-3,6-7H2. The Balaban J connectivity index is 1.92. The van der Waals surface area contributed by atoms with Crippen LogP contribution in [0.25, 0.3) is 11.1 Å². The summed E-state index contributed by atoms with van der Waals surface area (Å²) in [5, 5.41) is 22.4. The summed E-state index contributed by atoms with van der Waals surface area (Å²) >= 11 is 0. The molecule has 0 N–H and O–H groups in total. The number of amides is 1. The number of nitro benzene ring substituents is 2. The SMILES string of the molecule is O=C1c2cc([N+](=O)[O-])ccc2-c2c1cc([N+](=O)[O-])cc2C(=O)N1CCCCC1. The van der Waals surface area contributed by atoms with Crippen LogP contribution in [-0.4, -0.2) is 39.5 Å². The zero-order chi connectivity index (χ0) is 20.0. The molecule has 1 heterocycles. The minimum Gasteiger partial charge on any atom is -0.339 e. The maximum atomic E-state index is 13.1. The summed E-state index contributed by atoms with van der Waals surface area (Å²) in [5.74, 6) is -0.913. The lowest BCUT2D eigenvalue weighted by Gasteiger charge is -2.27. The molecule has 0 unspecified atom stereocenters. The molecule has 2 aromatic rings. The topological polar surface area (TPSA) is 124 Å². The number of carbonyl (C=O) groups excluding carboxylic acids is 2. The Morgan fingerprint density at radius 2 is 1.50 bits per heavy atom. The molecule has 2 aliphatic rings. The first-order chi connectivity index (χ1) is 13.4. The Morgan fingerprint density at radius 1 is 0.857 bits per heavy atom. The Morgan fingerprint density at radius 3 is 2.14 bits per heavy atom. The van der Waals surface area contributed by atoms with E-state index in [2.05, 4.69) is 0 Å². The number of fused-ring (bicyclic) bond motifs is 3. The molecule has 1 fully saturated rings. The minimum atomic E-state index is -0.647. The number of hydrogen-bond acceptors (Lipinski definition) is 6. The van der Waals surface area contributed by atoms with Crippen LogP contribution in [0.4, 0.5) is 11.4 Å². The van der Waals surface area contributed by atoms with E-state index in [0.29, 0.717) is 24.2 Å². The van der Waals surface area contributed by atoms with Crippen LogP contribution in [0, 0.1) is 20.2 Å². The predicted molar refractivity (Wildman–Crippen MR) is 98.4 cm³/mol. The number of rotatable bonds is 3. The second-order valence-corrected chi connectivity index (χ2v) is 6.84. The molecule has 4 rings (SSSR count). The lowest BCUT2D eigenvalue weighted by molar-refractivity contribution is -0.385. The molecule has 142 valence electrons. The van der Waals surface area contributed by atoms with E-state index in [1.807, 2.05) is 0 Å². The van der Waals surface area contributed by atoms with Gasteiger partial charge in [0.05, 0.1) is 15.4 Å². The molecular weight excluding hydrogens is 366 g/mol. The number of ketones is 1. The van der Waals surface area contributed by atoms with Crippen molar-refractivity contribution < 1.29 is 19.4 Å². The summed E-state index contributed by atoms with van der Waals surface area (Å²) in [7, 11) is 0. The molecule has 2 aromatic carbocycles. The maximum absolute atomic E-state index is 13.1. The lowest BCUT2D eigenvalue weighted by atomic mass is 9.96. The molecule has 0 spiro atoms. The normalized spacial score (nSPS) is 15.1. The number of nitrogens with zero attached hydrogens (tertiary/aromatic N) is 3. The predicted octanol–water partition coefficient (Wildman–Crippen LogP) is 3.34. The maximum Gasteiger partial charge on any atom is 0.271 e. The van der Waals surface area contributed by atoms with Gasteiger partial charge in [0.15, 0.2) is 5.78 Å². The van der Waals surface area contributed by atoms with Crippen LogP contribution >= 0.6 is 0 Å². The molecular formula is C19H15N3O6. The van der Waals surface area contributed by atoms with Crippen molar-refractivity contribution in [1.29, 1.82) is 0 Å². The first-order valence-electron chi connectivity index (χ1n) is 8.83. The van der Waals surface area contributed by atoms with Gasteiger partial charge in [-0.1, -0.05) is 0 Å². The van der Waals surface area contributed by atoms with E-state index < -0.39 is 15.6 Å². The molecule has 0 bridgehead atoms. The van der Waals surface area contributed by atoms with E-state index in [4.69, 9.17) is 0 Å². The molecule has 9 nitrogen and oxygen atoms in total. The monoisotopic (exact) mass is 381 g/mol. The number of nitro groups is 2. The molecule has 1 saturated heterocycles. The molecule has 9 heteroatoms. The van der Waals surface area contributed by atoms with Gasteiger partial charge in [0.1, 0.15) is 0 Å². The van der Waals surface area contributed by atoms with Gasteiger partial charge in [0.25, 0.3) is 17.3 Å². The zero-order valence-electron chi connectivity index (χ0n) is 14.7. The first-order valence-corrected chi connectivity index (χ1v) is 8.83. The highest BCUT2D eigenvalue weighted by Gasteiger charge is 2.35. The van der Waals surface area contributed by atoms with Gasteiger partial charge in [-0.05, 0) is 30.9 Å². The molecule has 1 amide bonds. The first kappa shape index (κ1) is 17.8. The summed E-state index contributed by atoms with van der Waals surface area (Å²) in [5.41, 5.74) is 0.305. The third kappa shape index (κ3) is 2.72. The van der Waals surface area contributed by atoms with Crippen molar-refractivity contribution in [3.05, 3.63) is 67.3 Å². The van der Waals surface area contributed by atoms with Gasteiger partial charge in [0, 0.05) is 54.0 Å². The van der Waals surface area contributed by atoms with Crippen molar-refractivity contribution in [3.8, 4) is 11.1 Å². The Hall–Kier alpha value is -3.62. The van der Waals surface area contributed by atoms with Gasteiger partial charge in [-0.3, -0.25) is 29.8 Å². The fraction of sp³-hybridized carbons (Fsp3) is 0.263. The largest absolute Gasteiger partial charge is 0.339 e. The van der Waals surface area contributed by atoms with Crippen LogP contribution in [-0.2, 0) is 0 Å². The summed E-state index contributed by atoms with van der Waals surface area (Å²) in [6, 6.07) is 6.17. The van der Waals surface area contributed by atoms with Crippen LogP contribution in [0.5, 0.6) is 0 Å². The van der Waals surface area contributed by atoms with Gasteiger partial charge in [0.2, 0.25) is 0 Å². The molecule has 0 saturated carbocycles. The average molecular weight is 381 g/mol. The highest BCUT2D eigenvalue weighted by atomic mass is 16.6. The van der Waals surface area contributed by atoms with Crippen LogP contribution in [0.3, 0.4) is 0 Å². The van der Waals surface area contributed by atoms with Gasteiger partial charge >= 0.3 is 0 Å². The van der Waals surface area contributed by atoms with E-state index in [-0.39, 0.29) is 34.0 Å². The van der Waals surface area contributed by atoms with E-state index in [0.717, 1.165) is 31.4 Å². The summed E-state index contributed by atoms with van der Waals surface area (Å²) in [6.45, 7) is 1.11. The third-order valence-corrected chi connectivity index (χ3v) is 5.18. The number of non-ortho nitro benzene ring substituents is 2. The number of hydrogen-bond donors (Lipinski definition) is 0. The lowest BCUT2D eigenvalue weighted by Crippen LogP contribution is -2.36. The second-order valence-electron chi connectivity index (χ2n) is 6.84. The summed E-state index contributed by atoms with van der Waals surface area (Å²) < 4.78 is 0. The third-order valence-electron chi connectivity index (χ3n) is 5.18. The quantitative estimate of drug-likeness (QED) is 0.506. The zero-order valence-corrected chi connectivity index (χ0v) is 14.7. The van der Waals surface area contributed by atoms with E-state index in [1.54, 1.807) is 4.90 Å². The molecule has 28 heavy (non-hydrogen) atoms. The summed E-state index contributed by atoms with van der Waals surface area (Å²) in [4.78, 5) is 48.7. The van der Waals surface area contributed by atoms with Crippen molar-refractivity contribution in [3.63, 3.8) is 0 Å². The Kier molecular flexibility index (Phi) is 4.14. The van der Waals surface area contributed by atoms with Crippen molar-refractivity contribution in [1.82, 2.24) is 4.90 Å². The van der Waals surface area contributed by atoms with E-state index in [1.165, 1.54) is 18.2 Å². The molecule has 0 atom stereocenters. The Bertz CT molecular complexity index is 1060. The molecule has 1 aliphatic heterocycles. The van der Waals surface area contributed by atoms with Crippen molar-refractivity contribution in [2.75, 3.05) is 13.1 Å². The highest BCUT2D eigenvalue weighted by Crippen LogP contribution is 2.42. The Labute approximate surface area is 158 Å². The second kappa shape index (κ2) is 6.52. The molecule has 1 aliphatic carbocycles. The minimum absolute atomic E-state index is 0.0325. The van der Waals surface area contributed by atoms with Gasteiger partial charge in [-0.25, -0.2) is 0 Å². The summed E-state index contributed by atoms with van der Waals surface area (Å²) in [6.07, 6.45) is 2.72. The van der Waals surface area contributed by atoms with Crippen LogP contribution in [0.1, 0.15) is 45.5 Å².